The van der Waals surface area contributed by atoms with Crippen LogP contribution in [0.3, 0.4) is 0 Å². The van der Waals surface area contributed by atoms with E-state index in [9.17, 15) is 9.59 Å². The Morgan fingerprint density at radius 3 is 2.80 bits per heavy atom. The van der Waals surface area contributed by atoms with E-state index in [2.05, 4.69) is 21.0 Å². The van der Waals surface area contributed by atoms with Crippen LogP contribution < -0.4 is 0 Å². The smallest absolute Gasteiger partial charge is 0.341 e. The summed E-state index contributed by atoms with van der Waals surface area (Å²) in [6.07, 6.45) is 2.97. The van der Waals surface area contributed by atoms with Crippen LogP contribution in [0.1, 0.15) is 34.6 Å². The normalized spacial score (nSPS) is 10.3. The van der Waals surface area contributed by atoms with Crippen LogP contribution in [0.15, 0.2) is 35.1 Å². The first kappa shape index (κ1) is 14.5. The molecule has 0 fully saturated rings. The highest BCUT2D eigenvalue weighted by Crippen LogP contribution is 2.20. The van der Waals surface area contributed by atoms with Crippen molar-refractivity contribution in [3.8, 4) is 5.69 Å². The van der Waals surface area contributed by atoms with Gasteiger partial charge in [0.2, 0.25) is 0 Å². The minimum absolute atomic E-state index is 0.0746. The second-order valence-corrected chi connectivity index (χ2v) is 5.03. The molecule has 0 saturated carbocycles. The number of Topliss-reactive ketones (excluding diaryl/α,β-unsaturated/α-hetero) is 1. The summed E-state index contributed by atoms with van der Waals surface area (Å²) in [5.74, 6) is -0.505. The van der Waals surface area contributed by atoms with Crippen LogP contribution in [0.5, 0.6) is 0 Å². The predicted molar refractivity (Wildman–Crippen MR) is 77.2 cm³/mol. The van der Waals surface area contributed by atoms with Gasteiger partial charge in [0.1, 0.15) is 0 Å². The third kappa shape index (κ3) is 2.96. The van der Waals surface area contributed by atoms with Crippen molar-refractivity contribution in [2.24, 2.45) is 0 Å². The van der Waals surface area contributed by atoms with Crippen molar-refractivity contribution >= 4 is 27.7 Å². The van der Waals surface area contributed by atoms with Gasteiger partial charge >= 0.3 is 5.97 Å². The molecule has 0 N–H and O–H groups in total. The minimum Gasteiger partial charge on any atom is -0.462 e. The van der Waals surface area contributed by atoms with E-state index in [-0.39, 0.29) is 5.78 Å². The second-order valence-electron chi connectivity index (χ2n) is 4.11. The van der Waals surface area contributed by atoms with Gasteiger partial charge in [0, 0.05) is 16.2 Å². The fraction of sp³-hybridized carbons (Fsp3) is 0.214. The molecule has 0 saturated heterocycles. The molecule has 1 aromatic carbocycles. The first-order valence-electron chi connectivity index (χ1n) is 6.05. The van der Waals surface area contributed by atoms with Crippen LogP contribution >= 0.6 is 15.9 Å². The van der Waals surface area contributed by atoms with E-state index in [1.165, 1.54) is 17.8 Å². The van der Waals surface area contributed by atoms with Crippen LogP contribution in [0.2, 0.25) is 0 Å². The van der Waals surface area contributed by atoms with E-state index < -0.39 is 5.97 Å². The van der Waals surface area contributed by atoms with Crippen molar-refractivity contribution in [1.29, 1.82) is 0 Å². The minimum atomic E-state index is -0.430. The molecule has 104 valence electrons. The average molecular weight is 337 g/mol. The van der Waals surface area contributed by atoms with Crippen molar-refractivity contribution in [2.75, 3.05) is 6.61 Å². The van der Waals surface area contributed by atoms with Crippen molar-refractivity contribution in [3.63, 3.8) is 0 Å². The molecule has 0 spiro atoms. The Kier molecular flexibility index (Phi) is 4.34. The lowest BCUT2D eigenvalue weighted by molar-refractivity contribution is 0.0526. The number of benzene rings is 1. The largest absolute Gasteiger partial charge is 0.462 e. The van der Waals surface area contributed by atoms with Gasteiger partial charge in [0.25, 0.3) is 0 Å². The molecule has 0 aliphatic rings. The Morgan fingerprint density at radius 1 is 1.40 bits per heavy atom. The lowest BCUT2D eigenvalue weighted by Gasteiger charge is -2.07. The molecule has 0 bridgehead atoms. The maximum Gasteiger partial charge on any atom is 0.341 e. The van der Waals surface area contributed by atoms with Crippen LogP contribution in [0.25, 0.3) is 5.69 Å². The molecular formula is C14H13BrN2O3. The Labute approximate surface area is 124 Å². The summed E-state index contributed by atoms with van der Waals surface area (Å²) in [4.78, 5) is 23.3. The van der Waals surface area contributed by atoms with E-state index in [1.807, 2.05) is 6.07 Å². The number of carbonyl (C=O) groups is 2. The summed E-state index contributed by atoms with van der Waals surface area (Å²) in [5.41, 5.74) is 1.50. The number of ether oxygens (including phenoxy) is 1. The Morgan fingerprint density at radius 2 is 2.15 bits per heavy atom. The van der Waals surface area contributed by atoms with Gasteiger partial charge < -0.3 is 4.74 Å². The number of rotatable bonds is 4. The lowest BCUT2D eigenvalue weighted by Crippen LogP contribution is -2.05. The highest BCUT2D eigenvalue weighted by atomic mass is 79.9. The van der Waals surface area contributed by atoms with E-state index in [4.69, 9.17) is 4.74 Å². The number of nitrogens with zero attached hydrogens (tertiary/aromatic N) is 2. The van der Waals surface area contributed by atoms with Crippen LogP contribution in [0, 0.1) is 0 Å². The summed E-state index contributed by atoms with van der Waals surface area (Å²) in [5, 5.41) is 4.11. The standard InChI is InChI=1S/C14H13BrN2O3/c1-3-20-14(19)10-7-16-17(8-10)13-5-4-11(15)6-12(13)9(2)18/h4-8H,3H2,1-2H3. The highest BCUT2D eigenvalue weighted by molar-refractivity contribution is 9.10. The topological polar surface area (TPSA) is 61.2 Å². The molecule has 0 amide bonds. The quantitative estimate of drug-likeness (QED) is 0.636. The zero-order chi connectivity index (χ0) is 14.7. The van der Waals surface area contributed by atoms with Crippen molar-refractivity contribution in [2.45, 2.75) is 13.8 Å². The van der Waals surface area contributed by atoms with Crippen LogP contribution in [-0.2, 0) is 4.74 Å². The molecule has 2 rings (SSSR count). The van der Waals surface area contributed by atoms with Gasteiger partial charge in [-0.2, -0.15) is 5.10 Å². The molecule has 0 aliphatic heterocycles. The molecule has 6 heteroatoms. The van der Waals surface area contributed by atoms with E-state index in [0.29, 0.717) is 23.4 Å². The molecule has 5 nitrogen and oxygen atoms in total. The Balaban J connectivity index is 2.42. The third-order valence-corrected chi connectivity index (χ3v) is 3.17. The van der Waals surface area contributed by atoms with Crippen LogP contribution in [0.4, 0.5) is 0 Å². The van der Waals surface area contributed by atoms with Gasteiger partial charge in [-0.3, -0.25) is 4.79 Å². The van der Waals surface area contributed by atoms with Gasteiger partial charge in [-0.25, -0.2) is 9.48 Å². The number of esters is 1. The number of ketones is 1. The summed E-state index contributed by atoms with van der Waals surface area (Å²) < 4.78 is 7.21. The molecule has 0 aliphatic carbocycles. The maximum absolute atomic E-state index is 11.7. The second kappa shape index (κ2) is 6.00. The number of hydrogen-bond donors (Lipinski definition) is 0. The number of aromatic nitrogens is 2. The first-order chi connectivity index (χ1) is 9.52. The first-order valence-corrected chi connectivity index (χ1v) is 6.85. The summed E-state index contributed by atoms with van der Waals surface area (Å²) in [6, 6.07) is 5.31. The zero-order valence-electron chi connectivity index (χ0n) is 11.1. The average Bonchev–Trinajstić information content (AvgIpc) is 2.88. The molecule has 1 aromatic heterocycles. The van der Waals surface area contributed by atoms with Gasteiger partial charge in [-0.15, -0.1) is 0 Å². The SMILES string of the molecule is CCOC(=O)c1cnn(-c2ccc(Br)cc2C(C)=O)c1. The fourth-order valence-electron chi connectivity index (χ4n) is 1.76. The predicted octanol–water partition coefficient (Wildman–Crippen LogP) is 3.01. The number of halogens is 1. The van der Waals surface area contributed by atoms with Gasteiger partial charge in [0.05, 0.1) is 24.1 Å². The maximum atomic E-state index is 11.7. The Hall–Kier alpha value is -1.95. The fourth-order valence-corrected chi connectivity index (χ4v) is 2.13. The monoisotopic (exact) mass is 336 g/mol. The summed E-state index contributed by atoms with van der Waals surface area (Å²) in [7, 11) is 0. The van der Waals surface area contributed by atoms with Gasteiger partial charge in [0.15, 0.2) is 5.78 Å². The number of carbonyl (C=O) groups excluding carboxylic acids is 2. The summed E-state index contributed by atoms with van der Waals surface area (Å²) in [6.45, 7) is 3.53. The number of hydrogen-bond acceptors (Lipinski definition) is 4. The zero-order valence-corrected chi connectivity index (χ0v) is 12.7. The lowest BCUT2D eigenvalue weighted by atomic mass is 10.1. The van der Waals surface area contributed by atoms with E-state index in [1.54, 1.807) is 25.3 Å². The van der Waals surface area contributed by atoms with Crippen molar-refractivity contribution in [1.82, 2.24) is 9.78 Å². The molecular weight excluding hydrogens is 324 g/mol. The molecule has 0 unspecified atom stereocenters. The Bertz CT molecular complexity index is 664. The highest BCUT2D eigenvalue weighted by Gasteiger charge is 2.14. The van der Waals surface area contributed by atoms with Crippen molar-refractivity contribution < 1.29 is 14.3 Å². The molecule has 2 aromatic rings. The summed E-state index contributed by atoms with van der Waals surface area (Å²) >= 11 is 3.33. The van der Waals surface area contributed by atoms with Crippen LogP contribution in [-0.4, -0.2) is 28.1 Å². The molecule has 1 heterocycles. The van der Waals surface area contributed by atoms with Gasteiger partial charge in [-0.1, -0.05) is 15.9 Å². The molecule has 0 atom stereocenters. The molecule has 0 radical (unpaired) electrons. The molecule has 20 heavy (non-hydrogen) atoms. The van der Waals surface area contributed by atoms with Crippen molar-refractivity contribution in [3.05, 3.63) is 46.2 Å². The van der Waals surface area contributed by atoms with E-state index >= 15 is 0 Å². The van der Waals surface area contributed by atoms with Gasteiger partial charge in [-0.05, 0) is 32.0 Å². The van der Waals surface area contributed by atoms with E-state index in [0.717, 1.165) is 4.47 Å². The third-order valence-electron chi connectivity index (χ3n) is 2.68.